The molecule has 8 nitrogen and oxygen atoms in total. The molecule has 0 aliphatic rings. The molecule has 1 aromatic carbocycles. The zero-order valence-corrected chi connectivity index (χ0v) is 15.8. The minimum atomic E-state index is -0.364. The molecule has 2 heterocycles. The highest BCUT2D eigenvalue weighted by atomic mass is 32.1. The summed E-state index contributed by atoms with van der Waals surface area (Å²) < 4.78 is 4.98. The number of hydrogen-bond donors (Lipinski definition) is 3. The summed E-state index contributed by atoms with van der Waals surface area (Å²) in [6.45, 7) is 1.64. The molecular weight excluding hydrogens is 380 g/mol. The monoisotopic (exact) mass is 398 g/mol. The van der Waals surface area contributed by atoms with Crippen molar-refractivity contribution in [2.75, 3.05) is 17.2 Å². The molecule has 0 aliphatic heterocycles. The highest BCUT2D eigenvalue weighted by molar-refractivity contribution is 7.14. The number of carbonyl (C=O) groups is 3. The van der Waals surface area contributed by atoms with Crippen LogP contribution in [0.3, 0.4) is 0 Å². The topological polar surface area (TPSA) is 113 Å². The number of aromatic nitrogens is 1. The van der Waals surface area contributed by atoms with Gasteiger partial charge in [0.1, 0.15) is 0 Å². The Hall–Kier alpha value is -3.46. The predicted molar refractivity (Wildman–Crippen MR) is 106 cm³/mol. The lowest BCUT2D eigenvalue weighted by Crippen LogP contribution is -2.27. The van der Waals surface area contributed by atoms with Gasteiger partial charge < -0.3 is 20.4 Å². The normalized spacial score (nSPS) is 10.3. The van der Waals surface area contributed by atoms with E-state index < -0.39 is 0 Å². The molecule has 3 rings (SSSR count). The van der Waals surface area contributed by atoms with Crippen LogP contribution in [0.2, 0.25) is 0 Å². The van der Waals surface area contributed by atoms with Crippen LogP contribution in [0.25, 0.3) is 11.3 Å². The molecule has 9 heteroatoms. The summed E-state index contributed by atoms with van der Waals surface area (Å²) in [4.78, 5) is 39.2. The number of thiazole rings is 1. The van der Waals surface area contributed by atoms with E-state index in [1.165, 1.54) is 24.5 Å². The van der Waals surface area contributed by atoms with E-state index >= 15 is 0 Å². The molecule has 0 bridgehead atoms. The zero-order valence-electron chi connectivity index (χ0n) is 15.0. The molecule has 0 saturated carbocycles. The number of benzene rings is 1. The van der Waals surface area contributed by atoms with Gasteiger partial charge in [0.2, 0.25) is 11.8 Å². The van der Waals surface area contributed by atoms with E-state index in [1.54, 1.807) is 24.3 Å². The number of nitrogens with zero attached hydrogens (tertiary/aromatic N) is 1. The van der Waals surface area contributed by atoms with Gasteiger partial charge in [0.25, 0.3) is 5.91 Å². The van der Waals surface area contributed by atoms with Crippen molar-refractivity contribution in [3.05, 3.63) is 53.8 Å². The first kappa shape index (κ1) is 19.3. The molecular formula is C19H18N4O4S. The van der Waals surface area contributed by atoms with Gasteiger partial charge >= 0.3 is 0 Å². The molecule has 2 aromatic heterocycles. The van der Waals surface area contributed by atoms with Crippen LogP contribution in [0.5, 0.6) is 0 Å². The van der Waals surface area contributed by atoms with Crippen LogP contribution >= 0.6 is 11.3 Å². The molecule has 0 radical (unpaired) electrons. The first-order valence-electron chi connectivity index (χ1n) is 8.46. The third-order valence-electron chi connectivity index (χ3n) is 3.63. The Morgan fingerprint density at radius 1 is 1.11 bits per heavy atom. The van der Waals surface area contributed by atoms with Crippen molar-refractivity contribution in [2.24, 2.45) is 0 Å². The summed E-state index contributed by atoms with van der Waals surface area (Å²) in [5.41, 5.74) is 2.30. The van der Waals surface area contributed by atoms with E-state index in [4.69, 9.17) is 4.42 Å². The second-order valence-corrected chi connectivity index (χ2v) is 6.69. The first-order valence-corrected chi connectivity index (χ1v) is 9.34. The molecule has 28 heavy (non-hydrogen) atoms. The van der Waals surface area contributed by atoms with Crippen molar-refractivity contribution in [1.29, 1.82) is 0 Å². The fraction of sp³-hybridized carbons (Fsp3) is 0.158. The fourth-order valence-corrected chi connectivity index (χ4v) is 3.09. The molecule has 0 spiro atoms. The van der Waals surface area contributed by atoms with E-state index in [-0.39, 0.29) is 36.4 Å². The van der Waals surface area contributed by atoms with Crippen LogP contribution in [0.15, 0.2) is 52.5 Å². The van der Waals surface area contributed by atoms with Crippen molar-refractivity contribution in [2.45, 2.75) is 13.3 Å². The van der Waals surface area contributed by atoms with Crippen molar-refractivity contribution in [3.63, 3.8) is 0 Å². The Balaban J connectivity index is 1.49. The number of hydrogen-bond acceptors (Lipinski definition) is 6. The molecule has 144 valence electrons. The van der Waals surface area contributed by atoms with Gasteiger partial charge in [-0.3, -0.25) is 14.4 Å². The van der Waals surface area contributed by atoms with Gasteiger partial charge in [-0.1, -0.05) is 12.1 Å². The van der Waals surface area contributed by atoms with E-state index in [2.05, 4.69) is 20.9 Å². The van der Waals surface area contributed by atoms with Crippen LogP contribution in [0.4, 0.5) is 10.8 Å². The number of rotatable bonds is 7. The van der Waals surface area contributed by atoms with Gasteiger partial charge in [-0.2, -0.15) is 0 Å². The summed E-state index contributed by atoms with van der Waals surface area (Å²) in [5, 5.41) is 10.3. The summed E-state index contributed by atoms with van der Waals surface area (Å²) in [6.07, 6.45) is 1.53. The second kappa shape index (κ2) is 8.96. The zero-order chi connectivity index (χ0) is 19.9. The number of amides is 3. The van der Waals surface area contributed by atoms with Gasteiger partial charge in [0.05, 0.1) is 12.0 Å². The smallest absolute Gasteiger partial charge is 0.286 e. The summed E-state index contributed by atoms with van der Waals surface area (Å²) in [7, 11) is 0. The predicted octanol–water partition coefficient (Wildman–Crippen LogP) is 3.12. The van der Waals surface area contributed by atoms with E-state index in [9.17, 15) is 14.4 Å². The highest BCUT2D eigenvalue weighted by Crippen LogP contribution is 2.26. The highest BCUT2D eigenvalue weighted by Gasteiger charge is 2.11. The van der Waals surface area contributed by atoms with Gasteiger partial charge in [-0.15, -0.1) is 11.3 Å². The van der Waals surface area contributed by atoms with Gasteiger partial charge in [0.15, 0.2) is 10.9 Å². The Bertz CT molecular complexity index is 964. The van der Waals surface area contributed by atoms with Crippen molar-refractivity contribution < 1.29 is 18.8 Å². The van der Waals surface area contributed by atoms with E-state index in [1.807, 2.05) is 17.5 Å². The molecule has 3 N–H and O–H groups in total. The number of carbonyl (C=O) groups excluding carboxylic acids is 3. The van der Waals surface area contributed by atoms with Crippen LogP contribution in [0, 0.1) is 0 Å². The summed E-state index contributed by atoms with van der Waals surface area (Å²) in [5.74, 6) is -0.542. The fourth-order valence-electron chi connectivity index (χ4n) is 2.36. The lowest BCUT2D eigenvalue weighted by molar-refractivity contribution is -0.116. The van der Waals surface area contributed by atoms with Crippen molar-refractivity contribution in [3.8, 4) is 11.3 Å². The molecule has 0 unspecified atom stereocenters. The quantitative estimate of drug-likeness (QED) is 0.566. The number of nitrogens with one attached hydrogen (secondary N) is 3. The minimum Gasteiger partial charge on any atom is -0.459 e. The Kier molecular flexibility index (Phi) is 6.18. The minimum absolute atomic E-state index is 0.118. The average molecular weight is 398 g/mol. The maximum absolute atomic E-state index is 12.0. The van der Waals surface area contributed by atoms with Crippen LogP contribution in [-0.4, -0.2) is 29.3 Å². The maximum Gasteiger partial charge on any atom is 0.286 e. The van der Waals surface area contributed by atoms with Gasteiger partial charge in [-0.05, 0) is 24.3 Å². The lowest BCUT2D eigenvalue weighted by atomic mass is 10.1. The summed E-state index contributed by atoms with van der Waals surface area (Å²) >= 11 is 1.31. The van der Waals surface area contributed by atoms with Crippen molar-refractivity contribution in [1.82, 2.24) is 10.3 Å². The Morgan fingerprint density at radius 3 is 2.57 bits per heavy atom. The molecule has 0 saturated heterocycles. The average Bonchev–Trinajstić information content (AvgIpc) is 3.34. The standard InChI is InChI=1S/C19H18N4O4S/c1-12(24)21-14-6-4-13(5-7-14)15-11-28-19(22-15)23-17(25)8-9-20-18(26)16-3-2-10-27-16/h2-7,10-11H,8-9H2,1H3,(H,20,26)(H,21,24)(H,22,23,25). The van der Waals surface area contributed by atoms with Crippen LogP contribution in [-0.2, 0) is 9.59 Å². The van der Waals surface area contributed by atoms with Gasteiger partial charge in [-0.25, -0.2) is 4.98 Å². The first-order chi connectivity index (χ1) is 13.5. The number of furan rings is 1. The number of anilines is 2. The molecule has 3 amide bonds. The SMILES string of the molecule is CC(=O)Nc1ccc(-c2csc(NC(=O)CCNC(=O)c3ccco3)n2)cc1. The summed E-state index contributed by atoms with van der Waals surface area (Å²) in [6, 6.07) is 10.4. The molecule has 0 fully saturated rings. The third kappa shape index (κ3) is 5.27. The molecule has 0 aliphatic carbocycles. The largest absolute Gasteiger partial charge is 0.459 e. The van der Waals surface area contributed by atoms with Crippen LogP contribution < -0.4 is 16.0 Å². The lowest BCUT2D eigenvalue weighted by Gasteiger charge is -2.04. The molecule has 3 aromatic rings. The Labute approximate surface area is 165 Å². The van der Waals surface area contributed by atoms with Crippen molar-refractivity contribution >= 4 is 39.9 Å². The third-order valence-corrected chi connectivity index (χ3v) is 4.39. The van der Waals surface area contributed by atoms with E-state index in [0.29, 0.717) is 10.8 Å². The Morgan fingerprint density at radius 2 is 1.89 bits per heavy atom. The van der Waals surface area contributed by atoms with Crippen LogP contribution in [0.1, 0.15) is 23.9 Å². The molecule has 0 atom stereocenters. The van der Waals surface area contributed by atoms with Gasteiger partial charge in [0, 0.05) is 36.5 Å². The second-order valence-electron chi connectivity index (χ2n) is 5.83. The van der Waals surface area contributed by atoms with E-state index in [0.717, 1.165) is 11.3 Å². The maximum atomic E-state index is 12.0.